The molecule has 0 saturated carbocycles. The summed E-state index contributed by atoms with van der Waals surface area (Å²) >= 11 is 13.1. The molecule has 0 N–H and O–H groups in total. The number of hydrogen-bond acceptors (Lipinski definition) is 3. The molecule has 2 aromatic rings. The summed E-state index contributed by atoms with van der Waals surface area (Å²) in [4.78, 5) is 13.2. The standard InChI is InChI=1S/C14H12Cl2O2S2/c15-11-6-5-10(9-12(11)16)20(18)8-2-3-13(17)14-4-1-7-19-14/h1,4-7,9H,2-3,8H2. The second-order valence-electron chi connectivity index (χ2n) is 4.13. The van der Waals surface area contributed by atoms with Crippen molar-refractivity contribution >= 4 is 51.1 Å². The molecule has 1 aromatic heterocycles. The highest BCUT2D eigenvalue weighted by Crippen LogP contribution is 2.24. The minimum Gasteiger partial charge on any atom is -0.293 e. The first-order chi connectivity index (χ1) is 9.58. The van der Waals surface area contributed by atoms with Gasteiger partial charge in [-0.1, -0.05) is 29.3 Å². The molecule has 0 amide bonds. The molecule has 1 atom stereocenters. The number of ketones is 1. The highest BCUT2D eigenvalue weighted by Gasteiger charge is 2.10. The van der Waals surface area contributed by atoms with Gasteiger partial charge < -0.3 is 0 Å². The van der Waals surface area contributed by atoms with Crippen molar-refractivity contribution in [1.82, 2.24) is 0 Å². The van der Waals surface area contributed by atoms with Crippen LogP contribution in [0.3, 0.4) is 0 Å². The molecule has 0 radical (unpaired) electrons. The van der Waals surface area contributed by atoms with Gasteiger partial charge in [-0.05, 0) is 36.1 Å². The van der Waals surface area contributed by atoms with Crippen LogP contribution < -0.4 is 0 Å². The summed E-state index contributed by atoms with van der Waals surface area (Å²) in [6.07, 6.45) is 0.997. The van der Waals surface area contributed by atoms with Crippen molar-refractivity contribution in [2.75, 3.05) is 5.75 Å². The third kappa shape index (κ3) is 4.16. The van der Waals surface area contributed by atoms with E-state index in [1.54, 1.807) is 18.2 Å². The number of Topliss-reactive ketones (excluding diaryl/α,β-unsaturated/α-hetero) is 1. The van der Waals surface area contributed by atoms with Gasteiger partial charge in [-0.2, -0.15) is 0 Å². The van der Waals surface area contributed by atoms with E-state index in [-0.39, 0.29) is 5.78 Å². The van der Waals surface area contributed by atoms with Crippen LogP contribution in [0.1, 0.15) is 22.5 Å². The largest absolute Gasteiger partial charge is 0.293 e. The van der Waals surface area contributed by atoms with Gasteiger partial charge in [0.05, 0.1) is 25.7 Å². The number of halogens is 2. The topological polar surface area (TPSA) is 34.1 Å². The molecule has 0 saturated heterocycles. The van der Waals surface area contributed by atoms with Gasteiger partial charge in [0.15, 0.2) is 5.78 Å². The quantitative estimate of drug-likeness (QED) is 0.702. The number of carbonyl (C=O) groups excluding carboxylic acids is 1. The number of rotatable bonds is 6. The number of hydrogen-bond donors (Lipinski definition) is 0. The Hall–Kier alpha value is -0.680. The van der Waals surface area contributed by atoms with Gasteiger partial charge in [-0.3, -0.25) is 9.00 Å². The molecule has 106 valence electrons. The Bertz CT molecular complexity index is 624. The van der Waals surface area contributed by atoms with Crippen molar-refractivity contribution in [3.8, 4) is 0 Å². The smallest absolute Gasteiger partial charge is 0.172 e. The van der Waals surface area contributed by atoms with Gasteiger partial charge in [0, 0.05) is 17.1 Å². The highest BCUT2D eigenvalue weighted by atomic mass is 35.5. The molecular weight excluding hydrogens is 335 g/mol. The summed E-state index contributed by atoms with van der Waals surface area (Å²) in [7, 11) is -1.16. The van der Waals surface area contributed by atoms with Crippen LogP contribution in [-0.2, 0) is 10.8 Å². The maximum absolute atomic E-state index is 12.1. The van der Waals surface area contributed by atoms with E-state index in [4.69, 9.17) is 23.2 Å². The van der Waals surface area contributed by atoms with Crippen molar-refractivity contribution in [2.45, 2.75) is 17.7 Å². The number of carbonyl (C=O) groups is 1. The summed E-state index contributed by atoms with van der Waals surface area (Å²) in [5, 5.41) is 2.72. The van der Waals surface area contributed by atoms with Crippen molar-refractivity contribution < 1.29 is 9.00 Å². The van der Waals surface area contributed by atoms with E-state index in [2.05, 4.69) is 0 Å². The lowest BCUT2D eigenvalue weighted by atomic mass is 10.2. The molecule has 6 heteroatoms. The molecule has 0 fully saturated rings. The van der Waals surface area contributed by atoms with Crippen LogP contribution in [0, 0.1) is 0 Å². The lowest BCUT2D eigenvalue weighted by molar-refractivity contribution is 0.0986. The van der Waals surface area contributed by atoms with E-state index in [1.807, 2.05) is 17.5 Å². The van der Waals surface area contributed by atoms with E-state index >= 15 is 0 Å². The van der Waals surface area contributed by atoms with Crippen LogP contribution in [0.4, 0.5) is 0 Å². The summed E-state index contributed by atoms with van der Waals surface area (Å²) < 4.78 is 12.1. The van der Waals surface area contributed by atoms with Crippen molar-refractivity contribution in [3.63, 3.8) is 0 Å². The Morgan fingerprint density at radius 2 is 2.00 bits per heavy atom. The predicted molar refractivity (Wildman–Crippen MR) is 85.6 cm³/mol. The lowest BCUT2D eigenvalue weighted by Gasteiger charge is -2.03. The van der Waals surface area contributed by atoms with Crippen LogP contribution in [0.15, 0.2) is 40.6 Å². The van der Waals surface area contributed by atoms with E-state index in [1.165, 1.54) is 11.3 Å². The maximum Gasteiger partial charge on any atom is 0.172 e. The highest BCUT2D eigenvalue weighted by molar-refractivity contribution is 7.85. The van der Waals surface area contributed by atoms with Gasteiger partial charge in [0.1, 0.15) is 0 Å². The fourth-order valence-electron chi connectivity index (χ4n) is 1.66. The number of benzene rings is 1. The van der Waals surface area contributed by atoms with Gasteiger partial charge in [-0.25, -0.2) is 0 Å². The van der Waals surface area contributed by atoms with E-state index in [0.717, 1.165) is 4.88 Å². The van der Waals surface area contributed by atoms with Gasteiger partial charge in [0.25, 0.3) is 0 Å². The average molecular weight is 347 g/mol. The second-order valence-corrected chi connectivity index (χ2v) is 7.46. The van der Waals surface area contributed by atoms with Gasteiger partial charge in [0.2, 0.25) is 0 Å². The Labute approximate surface area is 134 Å². The Morgan fingerprint density at radius 1 is 1.20 bits per heavy atom. The number of thiophene rings is 1. The zero-order valence-electron chi connectivity index (χ0n) is 10.5. The Kier molecular flexibility index (Phi) is 5.78. The van der Waals surface area contributed by atoms with Crippen molar-refractivity contribution in [2.24, 2.45) is 0 Å². The molecule has 2 nitrogen and oxygen atoms in total. The average Bonchev–Trinajstić information content (AvgIpc) is 2.95. The van der Waals surface area contributed by atoms with Gasteiger partial charge in [-0.15, -0.1) is 11.3 Å². The van der Waals surface area contributed by atoms with E-state index < -0.39 is 10.8 Å². The minimum atomic E-state index is -1.16. The first kappa shape index (κ1) is 15.7. The monoisotopic (exact) mass is 346 g/mol. The normalized spacial score (nSPS) is 12.3. The zero-order chi connectivity index (χ0) is 14.5. The van der Waals surface area contributed by atoms with Crippen molar-refractivity contribution in [3.05, 3.63) is 50.6 Å². The summed E-state index contributed by atoms with van der Waals surface area (Å²) in [5.41, 5.74) is 0. The molecule has 1 aromatic carbocycles. The lowest BCUT2D eigenvalue weighted by Crippen LogP contribution is -2.02. The van der Waals surface area contributed by atoms with Crippen LogP contribution in [0.25, 0.3) is 0 Å². The summed E-state index contributed by atoms with van der Waals surface area (Å²) in [6.45, 7) is 0. The minimum absolute atomic E-state index is 0.103. The first-order valence-corrected chi connectivity index (χ1v) is 8.93. The fraction of sp³-hybridized carbons (Fsp3) is 0.214. The predicted octanol–water partition coefficient (Wildman–Crippen LogP) is 4.83. The SMILES string of the molecule is O=C(CCCS(=O)c1ccc(Cl)c(Cl)c1)c1cccs1. The molecular formula is C14H12Cl2O2S2. The Balaban J connectivity index is 1.86. The molecule has 0 bridgehead atoms. The molecule has 0 aliphatic carbocycles. The third-order valence-electron chi connectivity index (χ3n) is 2.68. The molecule has 0 spiro atoms. The van der Waals surface area contributed by atoms with Crippen molar-refractivity contribution in [1.29, 1.82) is 0 Å². The van der Waals surface area contributed by atoms with E-state index in [9.17, 15) is 9.00 Å². The molecule has 20 heavy (non-hydrogen) atoms. The molecule has 1 heterocycles. The molecule has 0 aliphatic rings. The zero-order valence-corrected chi connectivity index (χ0v) is 13.6. The fourth-order valence-corrected chi connectivity index (χ4v) is 3.83. The summed E-state index contributed by atoms with van der Waals surface area (Å²) in [5.74, 6) is 0.542. The van der Waals surface area contributed by atoms with Crippen LogP contribution >= 0.6 is 34.5 Å². The summed E-state index contributed by atoms with van der Waals surface area (Å²) in [6, 6.07) is 8.61. The maximum atomic E-state index is 12.1. The molecule has 0 aliphatic heterocycles. The van der Waals surface area contributed by atoms with E-state index in [0.29, 0.717) is 33.5 Å². The Morgan fingerprint density at radius 3 is 2.65 bits per heavy atom. The second kappa shape index (κ2) is 7.36. The molecule has 2 rings (SSSR count). The first-order valence-electron chi connectivity index (χ1n) is 5.98. The van der Waals surface area contributed by atoms with Crippen LogP contribution in [0.5, 0.6) is 0 Å². The van der Waals surface area contributed by atoms with Gasteiger partial charge >= 0.3 is 0 Å². The third-order valence-corrected chi connectivity index (χ3v) is 5.77. The van der Waals surface area contributed by atoms with Crippen LogP contribution in [0.2, 0.25) is 10.0 Å². The van der Waals surface area contributed by atoms with Crippen LogP contribution in [-0.4, -0.2) is 15.7 Å². The molecule has 1 unspecified atom stereocenters.